The maximum Gasteiger partial charge on any atom is 0.242 e. The molecule has 1 atom stereocenters. The van der Waals surface area contributed by atoms with Crippen molar-refractivity contribution in [3.8, 4) is 17.6 Å². The van der Waals surface area contributed by atoms with E-state index in [0.29, 0.717) is 11.5 Å². The summed E-state index contributed by atoms with van der Waals surface area (Å²) in [6, 6.07) is 12.1. The summed E-state index contributed by atoms with van der Waals surface area (Å²) in [6.07, 6.45) is 0. The number of anilines is 1. The maximum absolute atomic E-state index is 11.5. The van der Waals surface area contributed by atoms with E-state index in [9.17, 15) is 4.79 Å². The van der Waals surface area contributed by atoms with Crippen LogP contribution in [0.2, 0.25) is 0 Å². The number of nitrogens with zero attached hydrogens (tertiary/aromatic N) is 1. The molecule has 2 rings (SSSR count). The summed E-state index contributed by atoms with van der Waals surface area (Å²) in [5.74, 6) is 6.86. The number of nitrogens with two attached hydrogens (primary N) is 1. The molecule has 22 heavy (non-hydrogen) atoms. The molecule has 2 aromatic rings. The van der Waals surface area contributed by atoms with Gasteiger partial charge in [0.05, 0.1) is 13.2 Å². The third-order valence-corrected chi connectivity index (χ3v) is 2.82. The first kappa shape index (κ1) is 15.5. The average molecular weight is 295 g/mol. The lowest BCUT2D eigenvalue weighted by atomic mass is 10.2. The normalized spacial score (nSPS) is 11.0. The van der Waals surface area contributed by atoms with Crippen molar-refractivity contribution in [1.82, 2.24) is 4.98 Å². The van der Waals surface area contributed by atoms with Gasteiger partial charge in [0, 0.05) is 5.56 Å². The smallest absolute Gasteiger partial charge is 0.242 e. The molecule has 5 nitrogen and oxygen atoms in total. The molecular weight excluding hydrogens is 278 g/mol. The van der Waals surface area contributed by atoms with Crippen molar-refractivity contribution in [2.45, 2.75) is 13.0 Å². The molecule has 1 heterocycles. The zero-order chi connectivity index (χ0) is 15.9. The van der Waals surface area contributed by atoms with Crippen LogP contribution in [0.5, 0.6) is 5.75 Å². The molecule has 0 fully saturated rings. The molecule has 0 saturated carbocycles. The van der Waals surface area contributed by atoms with E-state index in [-0.39, 0.29) is 5.91 Å². The van der Waals surface area contributed by atoms with E-state index in [1.54, 1.807) is 32.2 Å². The van der Waals surface area contributed by atoms with Gasteiger partial charge in [0.15, 0.2) is 0 Å². The van der Waals surface area contributed by atoms with Gasteiger partial charge in [-0.25, -0.2) is 4.98 Å². The van der Waals surface area contributed by atoms with Crippen molar-refractivity contribution in [3.05, 3.63) is 53.7 Å². The fourth-order valence-electron chi connectivity index (χ4n) is 1.65. The van der Waals surface area contributed by atoms with Gasteiger partial charge in [-0.3, -0.25) is 4.79 Å². The number of benzene rings is 1. The van der Waals surface area contributed by atoms with Crippen molar-refractivity contribution in [2.24, 2.45) is 5.73 Å². The minimum atomic E-state index is -0.590. The van der Waals surface area contributed by atoms with Gasteiger partial charge in [-0.2, -0.15) is 0 Å². The first-order valence-corrected chi connectivity index (χ1v) is 6.78. The van der Waals surface area contributed by atoms with E-state index in [1.807, 2.05) is 24.3 Å². The predicted octanol–water partition coefficient (Wildman–Crippen LogP) is 1.78. The second-order valence-electron chi connectivity index (χ2n) is 4.67. The number of hydrogen-bond donors (Lipinski definition) is 2. The summed E-state index contributed by atoms with van der Waals surface area (Å²) >= 11 is 0. The number of ether oxygens (including phenoxy) is 1. The molecule has 1 unspecified atom stereocenters. The Hall–Kier alpha value is -2.84. The lowest BCUT2D eigenvalue weighted by molar-refractivity contribution is -0.117. The van der Waals surface area contributed by atoms with Gasteiger partial charge in [0.25, 0.3) is 0 Å². The van der Waals surface area contributed by atoms with Gasteiger partial charge >= 0.3 is 0 Å². The standard InChI is InChI=1S/C17H17N3O2/c1-12(18)17(21)20-16-8-4-6-14(19-16)10-9-13-5-3-7-15(11-13)22-2/h3-8,11-12H,18H2,1-2H3,(H,19,20,21). The summed E-state index contributed by atoms with van der Waals surface area (Å²) in [7, 11) is 1.61. The van der Waals surface area contributed by atoms with Crippen LogP contribution in [-0.2, 0) is 4.79 Å². The van der Waals surface area contributed by atoms with Crippen LogP contribution in [0, 0.1) is 11.8 Å². The molecule has 0 bridgehead atoms. The average Bonchev–Trinajstić information content (AvgIpc) is 2.53. The molecule has 0 spiro atoms. The van der Waals surface area contributed by atoms with E-state index in [1.165, 1.54) is 0 Å². The number of carbonyl (C=O) groups excluding carboxylic acids is 1. The quantitative estimate of drug-likeness (QED) is 0.846. The summed E-state index contributed by atoms with van der Waals surface area (Å²) in [6.45, 7) is 1.61. The Morgan fingerprint density at radius 2 is 2.05 bits per heavy atom. The molecule has 1 aromatic heterocycles. The highest BCUT2D eigenvalue weighted by Gasteiger charge is 2.07. The molecule has 112 valence electrons. The maximum atomic E-state index is 11.5. The van der Waals surface area contributed by atoms with Gasteiger partial charge in [0.1, 0.15) is 17.3 Å². The molecular formula is C17H17N3O2. The minimum absolute atomic E-state index is 0.287. The molecule has 0 aliphatic heterocycles. The van der Waals surface area contributed by atoms with E-state index in [4.69, 9.17) is 10.5 Å². The lowest BCUT2D eigenvalue weighted by Crippen LogP contribution is -2.32. The van der Waals surface area contributed by atoms with Gasteiger partial charge in [-0.05, 0) is 43.2 Å². The predicted molar refractivity (Wildman–Crippen MR) is 85.5 cm³/mol. The number of pyridine rings is 1. The number of aromatic nitrogens is 1. The lowest BCUT2D eigenvalue weighted by Gasteiger charge is -2.06. The molecule has 1 aromatic carbocycles. The van der Waals surface area contributed by atoms with Crippen LogP contribution in [0.4, 0.5) is 5.82 Å². The molecule has 0 aliphatic rings. The Balaban J connectivity index is 2.17. The Bertz CT molecular complexity index is 730. The zero-order valence-electron chi connectivity index (χ0n) is 12.5. The van der Waals surface area contributed by atoms with Crippen molar-refractivity contribution in [1.29, 1.82) is 0 Å². The number of rotatable bonds is 3. The number of hydrogen-bond acceptors (Lipinski definition) is 4. The summed E-state index contributed by atoms with van der Waals surface area (Å²) in [5, 5.41) is 2.64. The van der Waals surface area contributed by atoms with Gasteiger partial charge in [-0.1, -0.05) is 18.1 Å². The monoisotopic (exact) mass is 295 g/mol. The zero-order valence-corrected chi connectivity index (χ0v) is 12.5. The fourth-order valence-corrected chi connectivity index (χ4v) is 1.65. The number of methoxy groups -OCH3 is 1. The summed E-state index contributed by atoms with van der Waals surface area (Å²) < 4.78 is 5.15. The Kier molecular flexibility index (Phi) is 5.12. The van der Waals surface area contributed by atoms with Crippen molar-refractivity contribution < 1.29 is 9.53 Å². The van der Waals surface area contributed by atoms with Gasteiger partial charge < -0.3 is 15.8 Å². The first-order valence-electron chi connectivity index (χ1n) is 6.78. The first-order chi connectivity index (χ1) is 10.6. The van der Waals surface area contributed by atoms with Gasteiger partial charge in [0.2, 0.25) is 5.91 Å². The number of amides is 1. The highest BCUT2D eigenvalue weighted by molar-refractivity contribution is 5.93. The summed E-state index contributed by atoms with van der Waals surface area (Å²) in [4.78, 5) is 15.8. The minimum Gasteiger partial charge on any atom is -0.497 e. The Labute approximate surface area is 129 Å². The van der Waals surface area contributed by atoms with Crippen LogP contribution in [0.15, 0.2) is 42.5 Å². The number of nitrogens with one attached hydrogen (secondary N) is 1. The second kappa shape index (κ2) is 7.25. The summed E-state index contributed by atoms with van der Waals surface area (Å²) in [5.41, 5.74) is 6.89. The molecule has 0 radical (unpaired) electrons. The molecule has 3 N–H and O–H groups in total. The molecule has 0 saturated heterocycles. The van der Waals surface area contributed by atoms with Gasteiger partial charge in [-0.15, -0.1) is 0 Å². The second-order valence-corrected chi connectivity index (χ2v) is 4.67. The van der Waals surface area contributed by atoms with Crippen molar-refractivity contribution in [3.63, 3.8) is 0 Å². The Morgan fingerprint density at radius 1 is 1.27 bits per heavy atom. The third-order valence-electron chi connectivity index (χ3n) is 2.82. The molecule has 5 heteroatoms. The number of carbonyl (C=O) groups is 1. The fraction of sp³-hybridized carbons (Fsp3) is 0.176. The van der Waals surface area contributed by atoms with Crippen molar-refractivity contribution in [2.75, 3.05) is 12.4 Å². The molecule has 0 aliphatic carbocycles. The van der Waals surface area contributed by atoms with E-state index in [2.05, 4.69) is 22.1 Å². The van der Waals surface area contributed by atoms with Crippen molar-refractivity contribution >= 4 is 11.7 Å². The van der Waals surface area contributed by atoms with Crippen LogP contribution in [0.25, 0.3) is 0 Å². The van der Waals surface area contributed by atoms with Crippen LogP contribution in [0.1, 0.15) is 18.2 Å². The topological polar surface area (TPSA) is 77.2 Å². The van der Waals surface area contributed by atoms with Crippen LogP contribution in [-0.4, -0.2) is 24.0 Å². The highest BCUT2D eigenvalue weighted by Crippen LogP contribution is 2.11. The van der Waals surface area contributed by atoms with Crippen LogP contribution >= 0.6 is 0 Å². The largest absolute Gasteiger partial charge is 0.497 e. The third kappa shape index (κ3) is 4.33. The molecule has 1 amide bonds. The Morgan fingerprint density at radius 3 is 2.77 bits per heavy atom. The van der Waals surface area contributed by atoms with E-state index in [0.717, 1.165) is 11.3 Å². The van der Waals surface area contributed by atoms with Crippen LogP contribution in [0.3, 0.4) is 0 Å². The van der Waals surface area contributed by atoms with E-state index < -0.39 is 6.04 Å². The highest BCUT2D eigenvalue weighted by atomic mass is 16.5. The van der Waals surface area contributed by atoms with Crippen LogP contribution < -0.4 is 15.8 Å². The SMILES string of the molecule is COc1cccc(C#Cc2cccc(NC(=O)C(C)N)n2)c1. The van der Waals surface area contributed by atoms with E-state index >= 15 is 0 Å².